The molecule has 0 spiro atoms. The van der Waals surface area contributed by atoms with Gasteiger partial charge in [0.05, 0.1) is 0 Å². The summed E-state index contributed by atoms with van der Waals surface area (Å²) >= 11 is 0. The zero-order valence-electron chi connectivity index (χ0n) is 11.6. The standard InChI is InChI=1S/2C7H9NO.H2O/c2*1-5-3-7(9)4-6(2)8-5;/h2*3-4H,1-2H3,(H,8,9);1H2. The third-order valence-electron chi connectivity index (χ3n) is 2.22. The Hall–Kier alpha value is -2.14. The Kier molecular flexibility index (Phi) is 6.50. The molecule has 0 aliphatic heterocycles. The Labute approximate surface area is 111 Å². The molecule has 0 aromatic carbocycles. The second-order valence-electron chi connectivity index (χ2n) is 4.36. The lowest BCUT2D eigenvalue weighted by Gasteiger charge is -1.92. The summed E-state index contributed by atoms with van der Waals surface area (Å²) in [5, 5.41) is 0. The van der Waals surface area contributed by atoms with Crippen LogP contribution in [0.3, 0.4) is 0 Å². The summed E-state index contributed by atoms with van der Waals surface area (Å²) in [6, 6.07) is 6.31. The maximum absolute atomic E-state index is 10.7. The second kappa shape index (κ2) is 7.33. The molecule has 0 unspecified atom stereocenters. The third kappa shape index (κ3) is 6.38. The van der Waals surface area contributed by atoms with Gasteiger partial charge in [-0.05, 0) is 27.7 Å². The van der Waals surface area contributed by atoms with E-state index in [0.29, 0.717) is 0 Å². The lowest BCUT2D eigenvalue weighted by Crippen LogP contribution is -2.00. The van der Waals surface area contributed by atoms with E-state index in [1.54, 1.807) is 24.3 Å². The first-order valence-electron chi connectivity index (χ1n) is 5.72. The summed E-state index contributed by atoms with van der Waals surface area (Å²) in [5.74, 6) is 0. The van der Waals surface area contributed by atoms with E-state index in [1.165, 1.54) is 0 Å². The van der Waals surface area contributed by atoms with Crippen molar-refractivity contribution in [2.24, 2.45) is 0 Å². The van der Waals surface area contributed by atoms with Gasteiger partial charge in [0, 0.05) is 47.0 Å². The first kappa shape index (κ1) is 16.9. The van der Waals surface area contributed by atoms with Crippen LogP contribution >= 0.6 is 0 Å². The largest absolute Gasteiger partial charge is 0.412 e. The number of rotatable bonds is 0. The van der Waals surface area contributed by atoms with E-state index < -0.39 is 0 Å². The molecular weight excluding hydrogens is 244 g/mol. The molecule has 0 saturated heterocycles. The molecular formula is C14H20N2O3. The molecule has 0 saturated carbocycles. The molecule has 2 rings (SSSR count). The van der Waals surface area contributed by atoms with Gasteiger partial charge in [-0.15, -0.1) is 0 Å². The zero-order valence-corrected chi connectivity index (χ0v) is 11.6. The quantitative estimate of drug-likeness (QED) is 0.746. The van der Waals surface area contributed by atoms with Crippen molar-refractivity contribution >= 4 is 0 Å². The van der Waals surface area contributed by atoms with Gasteiger partial charge in [0.15, 0.2) is 10.9 Å². The van der Waals surface area contributed by atoms with Crippen LogP contribution < -0.4 is 10.9 Å². The van der Waals surface area contributed by atoms with Crippen molar-refractivity contribution < 1.29 is 5.48 Å². The van der Waals surface area contributed by atoms with E-state index in [2.05, 4.69) is 9.97 Å². The first-order chi connectivity index (χ1) is 8.36. The van der Waals surface area contributed by atoms with Crippen LogP contribution in [-0.2, 0) is 0 Å². The number of hydrogen-bond donors (Lipinski definition) is 2. The fourth-order valence-electron chi connectivity index (χ4n) is 1.70. The van der Waals surface area contributed by atoms with E-state index >= 15 is 0 Å². The van der Waals surface area contributed by atoms with Crippen LogP contribution in [0.15, 0.2) is 33.9 Å². The van der Waals surface area contributed by atoms with Gasteiger partial charge in [-0.3, -0.25) is 9.59 Å². The highest BCUT2D eigenvalue weighted by Crippen LogP contribution is 1.89. The van der Waals surface area contributed by atoms with Crippen molar-refractivity contribution in [3.05, 3.63) is 67.5 Å². The van der Waals surface area contributed by atoms with Gasteiger partial charge in [-0.1, -0.05) is 0 Å². The van der Waals surface area contributed by atoms with Crippen molar-refractivity contribution in [1.29, 1.82) is 0 Å². The average Bonchev–Trinajstić information content (AvgIpc) is 2.12. The van der Waals surface area contributed by atoms with E-state index in [9.17, 15) is 9.59 Å². The Bertz CT molecular complexity index is 538. The number of aryl methyl sites for hydroxylation is 4. The normalized spacial score (nSPS) is 9.05. The maximum atomic E-state index is 10.7. The predicted octanol–water partition coefficient (Wildman–Crippen LogP) is 1.16. The van der Waals surface area contributed by atoms with Crippen LogP contribution in [0.5, 0.6) is 0 Å². The summed E-state index contributed by atoms with van der Waals surface area (Å²) in [6.07, 6.45) is 0. The number of hydrogen-bond acceptors (Lipinski definition) is 2. The Morgan fingerprint density at radius 1 is 0.632 bits per heavy atom. The van der Waals surface area contributed by atoms with Gasteiger partial charge in [-0.2, -0.15) is 0 Å². The zero-order chi connectivity index (χ0) is 13.7. The van der Waals surface area contributed by atoms with Crippen molar-refractivity contribution in [2.75, 3.05) is 0 Å². The molecule has 0 atom stereocenters. The van der Waals surface area contributed by atoms with Gasteiger partial charge in [0.1, 0.15) is 0 Å². The Balaban J connectivity index is 0.000000324. The van der Waals surface area contributed by atoms with Gasteiger partial charge >= 0.3 is 0 Å². The molecule has 5 heteroatoms. The van der Waals surface area contributed by atoms with Crippen molar-refractivity contribution in [3.8, 4) is 0 Å². The molecule has 5 nitrogen and oxygen atoms in total. The molecule has 0 fully saturated rings. The second-order valence-corrected chi connectivity index (χ2v) is 4.36. The van der Waals surface area contributed by atoms with Crippen LogP contribution in [0.2, 0.25) is 0 Å². The number of H-pyrrole nitrogens is 2. The molecule has 0 amide bonds. The summed E-state index contributed by atoms with van der Waals surface area (Å²) in [5.41, 5.74) is 3.81. The molecule has 0 aliphatic carbocycles. The molecule has 104 valence electrons. The van der Waals surface area contributed by atoms with E-state index in [4.69, 9.17) is 0 Å². The van der Waals surface area contributed by atoms with E-state index in [-0.39, 0.29) is 16.3 Å². The molecule has 2 aromatic heterocycles. The van der Waals surface area contributed by atoms with Crippen molar-refractivity contribution in [2.45, 2.75) is 27.7 Å². The van der Waals surface area contributed by atoms with Gasteiger partial charge in [-0.25, -0.2) is 0 Å². The summed E-state index contributed by atoms with van der Waals surface area (Å²) in [7, 11) is 0. The summed E-state index contributed by atoms with van der Waals surface area (Å²) in [6.45, 7) is 7.48. The highest BCUT2D eigenvalue weighted by Gasteiger charge is 1.87. The van der Waals surface area contributed by atoms with Crippen molar-refractivity contribution in [3.63, 3.8) is 0 Å². The SMILES string of the molecule is Cc1cc(=O)cc(C)[nH]1.Cc1cc(=O)cc(C)[nH]1.O. The maximum Gasteiger partial charge on any atom is 0.182 e. The lowest BCUT2D eigenvalue weighted by molar-refractivity contribution is 0.824. The number of aromatic nitrogens is 2. The van der Waals surface area contributed by atoms with Crippen LogP contribution in [0.25, 0.3) is 0 Å². The first-order valence-corrected chi connectivity index (χ1v) is 5.72. The minimum Gasteiger partial charge on any atom is -0.412 e. The fourth-order valence-corrected chi connectivity index (χ4v) is 1.70. The van der Waals surface area contributed by atoms with Crippen molar-refractivity contribution in [1.82, 2.24) is 9.97 Å². The van der Waals surface area contributed by atoms with Gasteiger partial charge < -0.3 is 15.4 Å². The molecule has 19 heavy (non-hydrogen) atoms. The highest BCUT2D eigenvalue weighted by atomic mass is 16.1. The Morgan fingerprint density at radius 3 is 1.00 bits per heavy atom. The monoisotopic (exact) mass is 264 g/mol. The van der Waals surface area contributed by atoms with E-state index in [1.807, 2.05) is 27.7 Å². The molecule has 0 radical (unpaired) electrons. The average molecular weight is 264 g/mol. The smallest absolute Gasteiger partial charge is 0.182 e. The minimum absolute atomic E-state index is 0. The third-order valence-corrected chi connectivity index (χ3v) is 2.22. The minimum atomic E-state index is 0. The Morgan fingerprint density at radius 2 is 0.842 bits per heavy atom. The van der Waals surface area contributed by atoms with Crippen LogP contribution in [0, 0.1) is 27.7 Å². The topological polar surface area (TPSA) is 97.2 Å². The summed E-state index contributed by atoms with van der Waals surface area (Å²) in [4.78, 5) is 27.4. The highest BCUT2D eigenvalue weighted by molar-refractivity contribution is 5.09. The molecule has 4 N–H and O–H groups in total. The van der Waals surface area contributed by atoms with Crippen LogP contribution in [0.1, 0.15) is 22.8 Å². The fraction of sp³-hybridized carbons (Fsp3) is 0.286. The van der Waals surface area contributed by atoms with Gasteiger partial charge in [0.25, 0.3) is 0 Å². The number of nitrogens with one attached hydrogen (secondary N) is 2. The van der Waals surface area contributed by atoms with Crippen LogP contribution in [-0.4, -0.2) is 15.4 Å². The molecule has 0 bridgehead atoms. The van der Waals surface area contributed by atoms with Gasteiger partial charge in [0.2, 0.25) is 0 Å². The lowest BCUT2D eigenvalue weighted by atomic mass is 10.3. The predicted molar refractivity (Wildman–Crippen MR) is 76.7 cm³/mol. The number of aromatic amines is 2. The number of pyridine rings is 2. The summed E-state index contributed by atoms with van der Waals surface area (Å²) < 4.78 is 0. The van der Waals surface area contributed by atoms with E-state index in [0.717, 1.165) is 22.8 Å². The molecule has 2 heterocycles. The molecule has 2 aromatic rings. The van der Waals surface area contributed by atoms with Crippen LogP contribution in [0.4, 0.5) is 0 Å². The molecule has 0 aliphatic rings.